The average Bonchev–Trinajstić information content (AvgIpc) is 3.08. The Morgan fingerprint density at radius 1 is 1.19 bits per heavy atom. The molecule has 4 rings (SSSR count). The maximum atomic E-state index is 12.5. The highest BCUT2D eigenvalue weighted by Gasteiger charge is 2.32. The number of nitro benzene ring substituents is 1. The molecule has 1 heterocycles. The van der Waals surface area contributed by atoms with E-state index in [1.54, 1.807) is 24.3 Å². The number of amides is 1. The Balaban J connectivity index is 1.40. The molecule has 0 atom stereocenters. The molecule has 1 N–H and O–H groups in total. The number of ether oxygens (including phenoxy) is 2. The highest BCUT2D eigenvalue weighted by atomic mass is 35.5. The molecule has 8 heteroatoms. The molecule has 1 amide bonds. The topological polar surface area (TPSA) is 90.7 Å². The molecule has 7 nitrogen and oxygen atoms in total. The van der Waals surface area contributed by atoms with Gasteiger partial charge in [-0.2, -0.15) is 0 Å². The molecule has 0 bridgehead atoms. The molecule has 0 saturated heterocycles. The van der Waals surface area contributed by atoms with Gasteiger partial charge in [0.05, 0.1) is 4.92 Å². The zero-order valence-electron chi connectivity index (χ0n) is 17.6. The van der Waals surface area contributed by atoms with Gasteiger partial charge in [-0.25, -0.2) is 0 Å². The lowest BCUT2D eigenvalue weighted by Gasteiger charge is -2.18. The summed E-state index contributed by atoms with van der Waals surface area (Å²) < 4.78 is 12.0. The zero-order valence-corrected chi connectivity index (χ0v) is 18.3. The maximum Gasteiger partial charge on any atom is 0.289 e. The Morgan fingerprint density at radius 2 is 1.94 bits per heavy atom. The number of carbonyl (C=O) groups is 1. The van der Waals surface area contributed by atoms with E-state index < -0.39 is 4.92 Å². The molecule has 0 aliphatic carbocycles. The summed E-state index contributed by atoms with van der Waals surface area (Å²) >= 11 is 5.81. The van der Waals surface area contributed by atoms with E-state index in [1.807, 2.05) is 32.0 Å². The minimum atomic E-state index is -0.596. The summed E-state index contributed by atoms with van der Waals surface area (Å²) in [5.41, 5.74) is 2.20. The molecule has 1 aliphatic rings. The Morgan fingerprint density at radius 3 is 2.66 bits per heavy atom. The summed E-state index contributed by atoms with van der Waals surface area (Å²) in [5, 5.41) is 13.7. The molecule has 0 spiro atoms. The predicted molar refractivity (Wildman–Crippen MR) is 122 cm³/mol. The van der Waals surface area contributed by atoms with Gasteiger partial charge in [0.2, 0.25) is 0 Å². The number of hydrogen-bond donors (Lipinski definition) is 1. The number of nitro groups is 1. The first-order chi connectivity index (χ1) is 15.2. The molecule has 1 aliphatic heterocycles. The lowest BCUT2D eigenvalue weighted by atomic mass is 10.0. The maximum absolute atomic E-state index is 12.5. The first-order valence-electron chi connectivity index (χ1n) is 10.00. The van der Waals surface area contributed by atoms with Crippen molar-refractivity contribution < 1.29 is 19.2 Å². The molecular weight excluding hydrogens is 432 g/mol. The summed E-state index contributed by atoms with van der Waals surface area (Å²) in [7, 11) is 0. The van der Waals surface area contributed by atoms with E-state index in [0.717, 1.165) is 23.3 Å². The zero-order chi connectivity index (χ0) is 22.9. The van der Waals surface area contributed by atoms with Crippen molar-refractivity contribution in [1.82, 2.24) is 0 Å². The van der Waals surface area contributed by atoms with Crippen molar-refractivity contribution in [3.8, 4) is 11.5 Å². The van der Waals surface area contributed by atoms with Gasteiger partial charge >= 0.3 is 0 Å². The van der Waals surface area contributed by atoms with Crippen molar-refractivity contribution >= 4 is 28.9 Å². The highest BCUT2D eigenvalue weighted by Crippen LogP contribution is 2.42. The number of nitrogens with zero attached hydrogens (tertiary/aromatic N) is 1. The number of fused-ring (bicyclic) bond motifs is 1. The molecule has 0 unspecified atom stereocenters. The summed E-state index contributed by atoms with van der Waals surface area (Å²) in [6.45, 7) is 4.41. The summed E-state index contributed by atoms with van der Waals surface area (Å²) in [5.74, 6) is 1.09. The van der Waals surface area contributed by atoms with Crippen LogP contribution in [-0.4, -0.2) is 16.4 Å². The van der Waals surface area contributed by atoms with Gasteiger partial charge in [0.25, 0.3) is 11.6 Å². The van der Waals surface area contributed by atoms with Crippen LogP contribution in [0.25, 0.3) is 0 Å². The van der Waals surface area contributed by atoms with E-state index >= 15 is 0 Å². The smallest absolute Gasteiger partial charge is 0.289 e. The predicted octanol–water partition coefficient (Wildman–Crippen LogP) is 5.79. The Kier molecular flexibility index (Phi) is 5.76. The van der Waals surface area contributed by atoms with Gasteiger partial charge in [0, 0.05) is 29.3 Å². The Bertz CT molecular complexity index is 1190. The number of hydrogen-bond acceptors (Lipinski definition) is 5. The fraction of sp³-hybridized carbons (Fsp3) is 0.208. The number of benzene rings is 3. The fourth-order valence-electron chi connectivity index (χ4n) is 3.55. The van der Waals surface area contributed by atoms with E-state index in [4.69, 9.17) is 21.1 Å². The largest absolute Gasteiger partial charge is 0.485 e. The highest BCUT2D eigenvalue weighted by molar-refractivity contribution is 6.32. The SMILES string of the molecule is CC1(C)Cc2cccc(OCc3ccc(C(=O)Nc4ccc(Cl)c([N+](=O)[O-])c4)cc3)c2O1. The number of halogens is 1. The second-order valence-corrected chi connectivity index (χ2v) is 8.55. The van der Waals surface area contributed by atoms with Crippen LogP contribution in [0.5, 0.6) is 11.5 Å². The van der Waals surface area contributed by atoms with Gasteiger partial charge in [0.15, 0.2) is 11.5 Å². The normalized spacial score (nSPS) is 13.7. The van der Waals surface area contributed by atoms with Gasteiger partial charge in [0.1, 0.15) is 17.2 Å². The Labute approximate surface area is 190 Å². The van der Waals surface area contributed by atoms with Crippen LogP contribution in [0.2, 0.25) is 5.02 Å². The van der Waals surface area contributed by atoms with Crippen molar-refractivity contribution in [3.05, 3.63) is 92.5 Å². The van der Waals surface area contributed by atoms with Crippen LogP contribution in [0.15, 0.2) is 60.7 Å². The number of rotatable bonds is 6. The third-order valence-electron chi connectivity index (χ3n) is 5.07. The minimum Gasteiger partial charge on any atom is -0.485 e. The van der Waals surface area contributed by atoms with Crippen LogP contribution in [0.4, 0.5) is 11.4 Å². The van der Waals surface area contributed by atoms with Gasteiger partial charge in [-0.3, -0.25) is 14.9 Å². The Hall–Kier alpha value is -3.58. The van der Waals surface area contributed by atoms with Crippen LogP contribution in [0, 0.1) is 10.1 Å². The van der Waals surface area contributed by atoms with Crippen LogP contribution < -0.4 is 14.8 Å². The first-order valence-corrected chi connectivity index (χ1v) is 10.4. The van der Waals surface area contributed by atoms with Gasteiger partial charge in [-0.05, 0) is 49.7 Å². The van der Waals surface area contributed by atoms with Crippen LogP contribution in [-0.2, 0) is 13.0 Å². The van der Waals surface area contributed by atoms with Gasteiger partial charge < -0.3 is 14.8 Å². The van der Waals surface area contributed by atoms with E-state index in [0.29, 0.717) is 23.6 Å². The molecular formula is C24H21ClN2O5. The van der Waals surface area contributed by atoms with Crippen molar-refractivity contribution in [2.75, 3.05) is 5.32 Å². The van der Waals surface area contributed by atoms with Crippen molar-refractivity contribution in [3.63, 3.8) is 0 Å². The second-order valence-electron chi connectivity index (χ2n) is 8.15. The number of carbonyl (C=O) groups excluding carboxylic acids is 1. The number of nitrogens with one attached hydrogen (secondary N) is 1. The molecule has 164 valence electrons. The van der Waals surface area contributed by atoms with Crippen molar-refractivity contribution in [2.24, 2.45) is 0 Å². The average molecular weight is 453 g/mol. The van der Waals surface area contributed by atoms with E-state index in [2.05, 4.69) is 5.32 Å². The quantitative estimate of drug-likeness (QED) is 0.377. The second kappa shape index (κ2) is 8.51. The molecule has 3 aromatic carbocycles. The number of anilines is 1. The summed E-state index contributed by atoms with van der Waals surface area (Å²) in [4.78, 5) is 22.9. The number of para-hydroxylation sites is 1. The van der Waals surface area contributed by atoms with Crippen LogP contribution >= 0.6 is 11.6 Å². The van der Waals surface area contributed by atoms with Crippen molar-refractivity contribution in [2.45, 2.75) is 32.5 Å². The van der Waals surface area contributed by atoms with Crippen molar-refractivity contribution in [1.29, 1.82) is 0 Å². The fourth-order valence-corrected chi connectivity index (χ4v) is 3.73. The lowest BCUT2D eigenvalue weighted by molar-refractivity contribution is -0.384. The lowest BCUT2D eigenvalue weighted by Crippen LogP contribution is -2.24. The molecule has 0 fully saturated rings. The summed E-state index contributed by atoms with van der Waals surface area (Å²) in [6, 6.07) is 16.9. The van der Waals surface area contributed by atoms with Gasteiger partial charge in [-0.15, -0.1) is 0 Å². The first kappa shape index (κ1) is 21.6. The van der Waals surface area contributed by atoms with Gasteiger partial charge in [-0.1, -0.05) is 35.9 Å². The third-order valence-corrected chi connectivity index (χ3v) is 5.39. The monoisotopic (exact) mass is 452 g/mol. The van der Waals surface area contributed by atoms with E-state index in [1.165, 1.54) is 18.2 Å². The standard InChI is InChI=1S/C24H21ClN2O5/c1-24(2)13-17-4-3-5-21(22(17)32-24)31-14-15-6-8-16(9-7-15)23(28)26-18-10-11-19(25)20(12-18)27(29)30/h3-12H,13-14H2,1-2H3,(H,26,28). The third kappa shape index (κ3) is 4.68. The minimum absolute atomic E-state index is 0.00961. The van der Waals surface area contributed by atoms with E-state index in [-0.39, 0.29) is 22.2 Å². The van der Waals surface area contributed by atoms with Crippen LogP contribution in [0.3, 0.4) is 0 Å². The molecule has 0 radical (unpaired) electrons. The molecule has 3 aromatic rings. The van der Waals surface area contributed by atoms with Crippen LogP contribution in [0.1, 0.15) is 35.3 Å². The molecule has 0 aromatic heterocycles. The molecule has 0 saturated carbocycles. The molecule has 32 heavy (non-hydrogen) atoms. The summed E-state index contributed by atoms with van der Waals surface area (Å²) in [6.07, 6.45) is 0.833. The van der Waals surface area contributed by atoms with E-state index in [9.17, 15) is 14.9 Å².